The molecule has 0 aromatic heterocycles. The minimum atomic E-state index is 0.628. The molecule has 1 aliphatic carbocycles. The van der Waals surface area contributed by atoms with Gasteiger partial charge in [0, 0.05) is 26.6 Å². The maximum Gasteiger partial charge on any atom is 0.0407 e. The lowest BCUT2D eigenvalue weighted by atomic mass is 10.1. The van der Waals surface area contributed by atoms with Gasteiger partial charge in [0.2, 0.25) is 0 Å². The number of thioether (sulfide) groups is 1. The van der Waals surface area contributed by atoms with E-state index < -0.39 is 0 Å². The minimum absolute atomic E-state index is 0.628. The lowest BCUT2D eigenvalue weighted by Gasteiger charge is -2.15. The summed E-state index contributed by atoms with van der Waals surface area (Å²) in [7, 11) is 0. The molecule has 0 aliphatic heterocycles. The summed E-state index contributed by atoms with van der Waals surface area (Å²) in [5.41, 5.74) is 10.3. The summed E-state index contributed by atoms with van der Waals surface area (Å²) >= 11 is 7.25. The predicted molar refractivity (Wildman–Crippen MR) is 88.8 cm³/mol. The molecule has 1 rings (SSSR count). The first-order valence-corrected chi connectivity index (χ1v) is 7.49. The quantitative estimate of drug-likeness (QED) is 0.687. The molecule has 0 aromatic carbocycles. The van der Waals surface area contributed by atoms with Crippen molar-refractivity contribution in [1.82, 2.24) is 0 Å². The van der Waals surface area contributed by atoms with E-state index in [0.29, 0.717) is 5.70 Å². The van der Waals surface area contributed by atoms with Gasteiger partial charge in [-0.25, -0.2) is 0 Å². The first-order valence-electron chi connectivity index (χ1n) is 6.23. The maximum absolute atomic E-state index is 6.00. The van der Waals surface area contributed by atoms with Crippen molar-refractivity contribution in [2.75, 3.05) is 0 Å². The molecule has 0 amide bonds. The highest BCUT2D eigenvalue weighted by Crippen LogP contribution is 2.37. The molecule has 0 spiro atoms. The zero-order valence-corrected chi connectivity index (χ0v) is 13.0. The molecular weight excluding hydrogens is 274 g/mol. The van der Waals surface area contributed by atoms with Gasteiger partial charge in [-0.2, -0.15) is 0 Å². The number of rotatable bonds is 5. The number of hydrogen-bond acceptors (Lipinski definition) is 2. The first-order chi connectivity index (χ1) is 9.10. The van der Waals surface area contributed by atoms with Gasteiger partial charge in [0.15, 0.2) is 0 Å². The van der Waals surface area contributed by atoms with Crippen LogP contribution in [-0.4, -0.2) is 0 Å². The summed E-state index contributed by atoms with van der Waals surface area (Å²) in [5, 5.41) is 0. The third-order valence-corrected chi connectivity index (χ3v) is 4.06. The fourth-order valence-electron chi connectivity index (χ4n) is 1.76. The molecule has 0 aromatic rings. The van der Waals surface area contributed by atoms with Crippen molar-refractivity contribution in [1.29, 1.82) is 0 Å². The van der Waals surface area contributed by atoms with Gasteiger partial charge in [-0.05, 0) is 38.3 Å². The number of hydrogen-bond donors (Lipinski definition) is 1. The molecule has 0 radical (unpaired) electrons. The normalized spacial score (nSPS) is 17.4. The highest BCUT2D eigenvalue weighted by atomic mass is 35.5. The lowest BCUT2D eigenvalue weighted by Crippen LogP contribution is -1.99. The van der Waals surface area contributed by atoms with Crippen LogP contribution in [0.3, 0.4) is 0 Å². The van der Waals surface area contributed by atoms with Crippen molar-refractivity contribution >= 4 is 23.4 Å². The van der Waals surface area contributed by atoms with Gasteiger partial charge < -0.3 is 5.73 Å². The van der Waals surface area contributed by atoms with E-state index in [9.17, 15) is 0 Å². The van der Waals surface area contributed by atoms with Crippen LogP contribution < -0.4 is 5.73 Å². The van der Waals surface area contributed by atoms with E-state index >= 15 is 0 Å². The summed E-state index contributed by atoms with van der Waals surface area (Å²) in [6.45, 7) is 8.22. The Bertz CT molecular complexity index is 493. The van der Waals surface area contributed by atoms with Crippen molar-refractivity contribution in [2.45, 2.75) is 26.7 Å². The topological polar surface area (TPSA) is 26.0 Å². The monoisotopic (exact) mass is 293 g/mol. The Labute approximate surface area is 125 Å². The second kappa shape index (κ2) is 8.13. The first kappa shape index (κ1) is 15.9. The van der Waals surface area contributed by atoms with Gasteiger partial charge in [-0.3, -0.25) is 0 Å². The Hall–Kier alpha value is -1.12. The predicted octanol–water partition coefficient (Wildman–Crippen LogP) is 5.40. The van der Waals surface area contributed by atoms with Gasteiger partial charge in [-0.15, -0.1) is 0 Å². The van der Waals surface area contributed by atoms with E-state index in [4.69, 9.17) is 17.3 Å². The molecule has 1 nitrogen and oxygen atoms in total. The lowest BCUT2D eigenvalue weighted by molar-refractivity contribution is 1.01. The van der Waals surface area contributed by atoms with Crippen LogP contribution in [-0.2, 0) is 0 Å². The molecule has 1 aliphatic rings. The number of allylic oxidation sites excluding steroid dienone is 7. The van der Waals surface area contributed by atoms with Gasteiger partial charge >= 0.3 is 0 Å². The van der Waals surface area contributed by atoms with Crippen molar-refractivity contribution in [3.8, 4) is 0 Å². The molecule has 0 fully saturated rings. The van der Waals surface area contributed by atoms with Crippen molar-refractivity contribution < 1.29 is 0 Å². The standard InChI is InChI=1S/C16H20ClNS/c1-4-7-14(15(18)10-11-17)13(3)19-16-9-6-5-8-12(16)2/h4,7-11H,3,5-6,18H2,1-2H3/b7-4-,11-10+,15-14-. The van der Waals surface area contributed by atoms with E-state index in [-0.39, 0.29) is 0 Å². The molecule has 2 N–H and O–H groups in total. The number of nitrogens with two attached hydrogens (primary N) is 1. The van der Waals surface area contributed by atoms with Crippen LogP contribution in [0.15, 0.2) is 69.1 Å². The number of halogens is 1. The minimum Gasteiger partial charge on any atom is -0.398 e. The Balaban J connectivity index is 2.94. The fraction of sp³-hybridized carbons (Fsp3) is 0.250. The molecular formula is C16H20ClNS. The smallest absolute Gasteiger partial charge is 0.0407 e. The SMILES string of the molecule is C=C(SC1=CCCC=C1C)C(/C=C\C)=C(N)/C=C/Cl. The third-order valence-electron chi connectivity index (χ3n) is 2.76. The molecule has 0 saturated carbocycles. The molecule has 0 heterocycles. The molecule has 102 valence electrons. The second-order valence-electron chi connectivity index (χ2n) is 4.22. The van der Waals surface area contributed by atoms with Crippen LogP contribution in [0.5, 0.6) is 0 Å². The van der Waals surface area contributed by atoms with Crippen LogP contribution in [0, 0.1) is 0 Å². The highest BCUT2D eigenvalue weighted by molar-refractivity contribution is 8.07. The maximum atomic E-state index is 6.00. The van der Waals surface area contributed by atoms with Crippen molar-refractivity contribution in [2.24, 2.45) is 5.73 Å². The van der Waals surface area contributed by atoms with E-state index in [2.05, 4.69) is 25.7 Å². The van der Waals surface area contributed by atoms with Crippen LogP contribution in [0.4, 0.5) is 0 Å². The van der Waals surface area contributed by atoms with E-state index in [1.165, 1.54) is 16.0 Å². The Morgan fingerprint density at radius 1 is 1.37 bits per heavy atom. The Morgan fingerprint density at radius 2 is 2.05 bits per heavy atom. The largest absolute Gasteiger partial charge is 0.398 e. The van der Waals surface area contributed by atoms with E-state index in [0.717, 1.165) is 23.3 Å². The van der Waals surface area contributed by atoms with Crippen LogP contribution >= 0.6 is 23.4 Å². The Morgan fingerprint density at radius 3 is 2.63 bits per heavy atom. The molecule has 19 heavy (non-hydrogen) atoms. The molecule has 0 bridgehead atoms. The van der Waals surface area contributed by atoms with Gasteiger partial charge in [0.05, 0.1) is 0 Å². The third kappa shape index (κ3) is 4.81. The van der Waals surface area contributed by atoms with Gasteiger partial charge in [0.1, 0.15) is 0 Å². The average Bonchev–Trinajstić information content (AvgIpc) is 2.38. The summed E-state index contributed by atoms with van der Waals surface area (Å²) < 4.78 is 0. The van der Waals surface area contributed by atoms with Crippen molar-refractivity contribution in [3.63, 3.8) is 0 Å². The zero-order valence-electron chi connectivity index (χ0n) is 11.4. The van der Waals surface area contributed by atoms with Gasteiger partial charge in [-0.1, -0.05) is 54.2 Å². The van der Waals surface area contributed by atoms with Crippen LogP contribution in [0.25, 0.3) is 0 Å². The molecule has 0 atom stereocenters. The molecule has 0 unspecified atom stereocenters. The highest BCUT2D eigenvalue weighted by Gasteiger charge is 2.10. The summed E-state index contributed by atoms with van der Waals surface area (Å²) in [6.07, 6.45) is 12.3. The van der Waals surface area contributed by atoms with Crippen LogP contribution in [0.2, 0.25) is 0 Å². The van der Waals surface area contributed by atoms with Crippen molar-refractivity contribution in [3.05, 3.63) is 69.1 Å². The average molecular weight is 294 g/mol. The van der Waals surface area contributed by atoms with E-state index in [1.807, 2.05) is 19.1 Å². The fourth-order valence-corrected chi connectivity index (χ4v) is 2.90. The summed E-state index contributed by atoms with van der Waals surface area (Å²) in [5.74, 6) is 0. The summed E-state index contributed by atoms with van der Waals surface area (Å²) in [6, 6.07) is 0. The van der Waals surface area contributed by atoms with Gasteiger partial charge in [0.25, 0.3) is 0 Å². The zero-order chi connectivity index (χ0) is 14.3. The molecule has 3 heteroatoms. The Kier molecular flexibility index (Phi) is 6.82. The van der Waals surface area contributed by atoms with Crippen LogP contribution in [0.1, 0.15) is 26.7 Å². The molecule has 0 saturated heterocycles. The van der Waals surface area contributed by atoms with E-state index in [1.54, 1.807) is 17.8 Å². The second-order valence-corrected chi connectivity index (χ2v) is 5.61. The summed E-state index contributed by atoms with van der Waals surface area (Å²) in [4.78, 5) is 2.20.